The number of rotatable bonds is 7. The van der Waals surface area contributed by atoms with E-state index in [1.54, 1.807) is 12.3 Å². The van der Waals surface area contributed by atoms with Crippen molar-refractivity contribution in [3.63, 3.8) is 0 Å². The van der Waals surface area contributed by atoms with E-state index in [9.17, 15) is 39.9 Å². The number of alkyl halides is 8. The van der Waals surface area contributed by atoms with E-state index in [0.717, 1.165) is 10.5 Å². The Bertz CT molecular complexity index is 1570. The molecule has 0 spiro atoms. The van der Waals surface area contributed by atoms with Crippen LogP contribution in [-0.4, -0.2) is 58.1 Å². The molecule has 2 aliphatic heterocycles. The van der Waals surface area contributed by atoms with E-state index in [0.29, 0.717) is 23.3 Å². The molecule has 8 nitrogen and oxygen atoms in total. The maximum atomic E-state index is 13.6. The minimum absolute atomic E-state index is 0.0105. The Morgan fingerprint density at radius 3 is 2.13 bits per heavy atom. The van der Waals surface area contributed by atoms with Gasteiger partial charge in [-0.3, -0.25) is 4.90 Å². The topological polar surface area (TPSA) is 80.7 Å². The largest absolute Gasteiger partial charge is 0.481 e. The molecule has 2 fully saturated rings. The van der Waals surface area contributed by atoms with Crippen LogP contribution in [0.1, 0.15) is 60.7 Å². The van der Waals surface area contributed by atoms with Gasteiger partial charge in [0, 0.05) is 23.5 Å². The first-order valence-electron chi connectivity index (χ1n) is 13.7. The fraction of sp³-hybridized carbons (Fsp3) is 0.448. The molecule has 1 amide bonds. The van der Waals surface area contributed by atoms with Crippen LogP contribution in [-0.2, 0) is 23.6 Å². The Labute approximate surface area is 252 Å². The molecule has 2 atom stereocenters. The summed E-state index contributed by atoms with van der Waals surface area (Å²) in [6.07, 6.45) is -9.75. The molecule has 1 aromatic carbocycles. The average Bonchev–Trinajstić information content (AvgIpc) is 3.22. The van der Waals surface area contributed by atoms with Crippen molar-refractivity contribution in [3.8, 4) is 17.0 Å². The van der Waals surface area contributed by atoms with Crippen molar-refractivity contribution in [3.05, 3.63) is 64.6 Å². The van der Waals surface area contributed by atoms with Gasteiger partial charge in [0.1, 0.15) is 6.10 Å². The first kappa shape index (κ1) is 32.2. The third-order valence-corrected chi connectivity index (χ3v) is 7.66. The summed E-state index contributed by atoms with van der Waals surface area (Å²) in [6, 6.07) is 1.72. The van der Waals surface area contributed by atoms with Crippen molar-refractivity contribution >= 4 is 12.0 Å². The van der Waals surface area contributed by atoms with Crippen molar-refractivity contribution in [1.29, 1.82) is 0 Å². The highest BCUT2D eigenvalue weighted by Crippen LogP contribution is 2.42. The van der Waals surface area contributed by atoms with E-state index in [1.165, 1.54) is 25.1 Å². The molecule has 0 bridgehead atoms. The predicted molar refractivity (Wildman–Crippen MR) is 144 cm³/mol. The second-order valence-electron chi connectivity index (χ2n) is 11.2. The molecular weight excluding hydrogens is 618 g/mol. The van der Waals surface area contributed by atoms with Gasteiger partial charge in [0.2, 0.25) is 11.8 Å². The van der Waals surface area contributed by atoms with E-state index >= 15 is 0 Å². The number of halogens is 8. The van der Waals surface area contributed by atoms with Gasteiger partial charge in [0.05, 0.1) is 49.6 Å². The minimum Gasteiger partial charge on any atom is -0.481 e. The number of carbonyl (C=O) groups is 1. The van der Waals surface area contributed by atoms with Gasteiger partial charge < -0.3 is 14.4 Å². The standard InChI is InChI=1S/C29H27F8N5O3/c1-14(2)17-7-20(24(44-4)38-9-17)21-10-39-25(41-12-27(30,31)13-41)40-22(21)11-42-15(3)23(45-26(42)43)16-5-18(28(32,33)34)8-19(6-16)29(35,36)37/h5-10,14-15,23H,11-13H2,1-4H3/t15-,23-/m0/s1. The van der Waals surface area contributed by atoms with Crippen molar-refractivity contribution in [2.75, 3.05) is 25.1 Å². The van der Waals surface area contributed by atoms with Crippen molar-refractivity contribution < 1.29 is 49.4 Å². The van der Waals surface area contributed by atoms with Crippen LogP contribution in [0.5, 0.6) is 5.88 Å². The maximum absolute atomic E-state index is 13.6. The van der Waals surface area contributed by atoms with E-state index < -0.39 is 66.3 Å². The SMILES string of the molecule is COc1ncc(C(C)C)cc1-c1cnc(N2CC(F)(F)C2)nc1CN1C(=O)O[C@H](c2cc(C(F)(F)F)cc(C(F)(F)F)c2)[C@@H]1C. The van der Waals surface area contributed by atoms with Gasteiger partial charge in [-0.25, -0.2) is 28.5 Å². The Balaban J connectivity index is 1.55. The number of hydrogen-bond acceptors (Lipinski definition) is 7. The molecule has 4 heterocycles. The summed E-state index contributed by atoms with van der Waals surface area (Å²) in [5.41, 5.74) is -1.91. The zero-order valence-corrected chi connectivity index (χ0v) is 24.3. The maximum Gasteiger partial charge on any atom is 0.416 e. The molecule has 2 aliphatic rings. The number of anilines is 1. The fourth-order valence-corrected chi connectivity index (χ4v) is 5.16. The number of cyclic esters (lactones) is 1. The highest BCUT2D eigenvalue weighted by atomic mass is 19.4. The summed E-state index contributed by atoms with van der Waals surface area (Å²) in [6.45, 7) is 3.63. The lowest BCUT2D eigenvalue weighted by atomic mass is 9.97. The van der Waals surface area contributed by atoms with Gasteiger partial charge in [0.25, 0.3) is 5.92 Å². The van der Waals surface area contributed by atoms with Crippen molar-refractivity contribution in [2.24, 2.45) is 0 Å². The number of amides is 1. The zero-order valence-electron chi connectivity index (χ0n) is 24.3. The van der Waals surface area contributed by atoms with Crippen molar-refractivity contribution in [1.82, 2.24) is 19.9 Å². The molecule has 5 rings (SSSR count). The van der Waals surface area contributed by atoms with Crippen LogP contribution < -0.4 is 9.64 Å². The average molecular weight is 646 g/mol. The van der Waals surface area contributed by atoms with E-state index in [4.69, 9.17) is 9.47 Å². The molecule has 2 aromatic heterocycles. The molecule has 2 saturated heterocycles. The van der Waals surface area contributed by atoms with Gasteiger partial charge in [-0.05, 0) is 48.2 Å². The highest BCUT2D eigenvalue weighted by molar-refractivity contribution is 5.74. The highest BCUT2D eigenvalue weighted by Gasteiger charge is 2.46. The molecule has 0 N–H and O–H groups in total. The van der Waals surface area contributed by atoms with E-state index in [1.807, 2.05) is 13.8 Å². The number of ether oxygens (including phenoxy) is 2. The third-order valence-electron chi connectivity index (χ3n) is 7.66. The molecule has 0 aliphatic carbocycles. The van der Waals surface area contributed by atoms with Crippen LogP contribution in [0.3, 0.4) is 0 Å². The Hall–Kier alpha value is -4.24. The van der Waals surface area contributed by atoms with Crippen LogP contribution in [0.2, 0.25) is 0 Å². The van der Waals surface area contributed by atoms with Crippen LogP contribution in [0.4, 0.5) is 45.9 Å². The Morgan fingerprint density at radius 1 is 0.978 bits per heavy atom. The summed E-state index contributed by atoms with van der Waals surface area (Å²) in [7, 11) is 1.38. The predicted octanol–water partition coefficient (Wildman–Crippen LogP) is 7.25. The lowest BCUT2D eigenvalue weighted by molar-refractivity contribution is -0.143. The number of pyridine rings is 1. The summed E-state index contributed by atoms with van der Waals surface area (Å²) in [5.74, 6) is -2.79. The smallest absolute Gasteiger partial charge is 0.416 e. The Kier molecular flexibility index (Phi) is 8.06. The van der Waals surface area contributed by atoms with Gasteiger partial charge in [-0.15, -0.1) is 0 Å². The number of benzene rings is 1. The van der Waals surface area contributed by atoms with Gasteiger partial charge >= 0.3 is 18.4 Å². The van der Waals surface area contributed by atoms with Crippen molar-refractivity contribution in [2.45, 2.75) is 63.7 Å². The minimum atomic E-state index is -5.10. The van der Waals surface area contributed by atoms with Gasteiger partial charge in [0.15, 0.2) is 0 Å². The zero-order chi connectivity index (χ0) is 33.1. The second-order valence-corrected chi connectivity index (χ2v) is 11.2. The summed E-state index contributed by atoms with van der Waals surface area (Å²) < 4.78 is 119. The monoisotopic (exact) mass is 645 g/mol. The van der Waals surface area contributed by atoms with Crippen LogP contribution in [0, 0.1) is 0 Å². The van der Waals surface area contributed by atoms with Crippen LogP contribution in [0.15, 0.2) is 36.7 Å². The van der Waals surface area contributed by atoms with E-state index in [2.05, 4.69) is 15.0 Å². The number of hydrogen-bond donors (Lipinski definition) is 0. The molecule has 0 unspecified atom stereocenters. The van der Waals surface area contributed by atoms with Gasteiger partial charge in [-0.1, -0.05) is 13.8 Å². The molecule has 0 radical (unpaired) electrons. The summed E-state index contributed by atoms with van der Waals surface area (Å²) in [5, 5.41) is 0. The lowest BCUT2D eigenvalue weighted by Crippen LogP contribution is -2.57. The molecule has 16 heteroatoms. The quantitative estimate of drug-likeness (QED) is 0.251. The number of nitrogens with zero attached hydrogens (tertiary/aromatic N) is 5. The number of methoxy groups -OCH3 is 1. The van der Waals surface area contributed by atoms with E-state index in [-0.39, 0.29) is 36.1 Å². The number of aromatic nitrogens is 3. The second kappa shape index (κ2) is 11.3. The Morgan fingerprint density at radius 2 is 1.60 bits per heavy atom. The molecule has 3 aromatic rings. The fourth-order valence-electron chi connectivity index (χ4n) is 5.16. The van der Waals surface area contributed by atoms with Crippen LogP contribution in [0.25, 0.3) is 11.1 Å². The first-order chi connectivity index (χ1) is 20.9. The molecule has 242 valence electrons. The summed E-state index contributed by atoms with van der Waals surface area (Å²) >= 11 is 0. The molecule has 45 heavy (non-hydrogen) atoms. The molecular formula is C29H27F8N5O3. The van der Waals surface area contributed by atoms with Gasteiger partial charge in [-0.2, -0.15) is 26.3 Å². The number of carbonyl (C=O) groups excluding carboxylic acids is 1. The van der Waals surface area contributed by atoms with Crippen LogP contribution >= 0.6 is 0 Å². The normalized spacial score (nSPS) is 20.0. The lowest BCUT2D eigenvalue weighted by Gasteiger charge is -2.38. The summed E-state index contributed by atoms with van der Waals surface area (Å²) in [4.78, 5) is 28.4. The molecule has 0 saturated carbocycles. The first-order valence-corrected chi connectivity index (χ1v) is 13.7. The third kappa shape index (κ3) is 6.45.